The second-order valence-corrected chi connectivity index (χ2v) is 6.25. The van der Waals surface area contributed by atoms with Gasteiger partial charge in [-0.15, -0.1) is 0 Å². The highest BCUT2D eigenvalue weighted by Gasteiger charge is 2.44. The van der Waals surface area contributed by atoms with E-state index in [1.165, 1.54) is 19.9 Å². The molecule has 0 aliphatic carbocycles. The van der Waals surface area contributed by atoms with Crippen molar-refractivity contribution in [3.05, 3.63) is 40.2 Å². The molecule has 1 aliphatic heterocycles. The van der Waals surface area contributed by atoms with E-state index >= 15 is 0 Å². The summed E-state index contributed by atoms with van der Waals surface area (Å²) in [6.45, 7) is 4.12. The monoisotopic (exact) mass is 346 g/mol. The number of carbonyl (C=O) groups excluding carboxylic acids is 2. The topological polar surface area (TPSA) is 92.0 Å². The normalized spacial score (nSPS) is 18.1. The maximum atomic E-state index is 11.5. The molecule has 0 saturated heterocycles. The summed E-state index contributed by atoms with van der Waals surface area (Å²) in [5, 5.41) is 0.775. The van der Waals surface area contributed by atoms with Gasteiger partial charge < -0.3 is 18.6 Å². The van der Waals surface area contributed by atoms with Crippen LogP contribution >= 0.6 is 0 Å². The van der Waals surface area contributed by atoms with Crippen molar-refractivity contribution in [2.75, 3.05) is 6.61 Å². The smallest absolute Gasteiger partial charge is 0.336 e. The lowest BCUT2D eigenvalue weighted by Crippen LogP contribution is -2.50. The molecule has 2 heterocycles. The second-order valence-electron chi connectivity index (χ2n) is 6.25. The zero-order valence-corrected chi connectivity index (χ0v) is 14.2. The molecule has 1 aromatic heterocycles. The first-order chi connectivity index (χ1) is 11.8. The van der Waals surface area contributed by atoms with Gasteiger partial charge >= 0.3 is 17.6 Å². The van der Waals surface area contributed by atoms with E-state index in [4.69, 9.17) is 18.6 Å². The Labute approximate surface area is 143 Å². The molecule has 0 radical (unpaired) electrons. The van der Waals surface area contributed by atoms with Crippen LogP contribution in [-0.2, 0) is 25.5 Å². The van der Waals surface area contributed by atoms with E-state index in [-0.39, 0.29) is 6.61 Å². The Morgan fingerprint density at radius 3 is 2.68 bits per heavy atom. The minimum Gasteiger partial charge on any atom is -0.485 e. The number of ether oxygens (including phenoxy) is 3. The molecule has 25 heavy (non-hydrogen) atoms. The highest BCUT2D eigenvalue weighted by Crippen LogP contribution is 2.37. The molecule has 0 spiro atoms. The van der Waals surface area contributed by atoms with Crippen molar-refractivity contribution in [2.45, 2.75) is 38.9 Å². The van der Waals surface area contributed by atoms with E-state index in [9.17, 15) is 14.4 Å². The third-order valence-corrected chi connectivity index (χ3v) is 4.10. The molecule has 2 atom stereocenters. The number of hydrogen-bond acceptors (Lipinski definition) is 7. The lowest BCUT2D eigenvalue weighted by Gasteiger charge is -2.33. The summed E-state index contributed by atoms with van der Waals surface area (Å²) in [5.41, 5.74) is -0.265. The third-order valence-electron chi connectivity index (χ3n) is 4.10. The van der Waals surface area contributed by atoms with Crippen LogP contribution in [0.2, 0.25) is 0 Å². The Balaban J connectivity index is 1.91. The molecular weight excluding hydrogens is 328 g/mol. The third kappa shape index (κ3) is 3.50. The van der Waals surface area contributed by atoms with Crippen LogP contribution < -0.4 is 10.4 Å². The molecule has 0 unspecified atom stereocenters. The van der Waals surface area contributed by atoms with Crippen LogP contribution in [0.3, 0.4) is 0 Å². The number of hydrogen-bond donors (Lipinski definition) is 0. The fourth-order valence-electron chi connectivity index (χ4n) is 2.91. The lowest BCUT2D eigenvalue weighted by molar-refractivity contribution is -0.179. The Bertz CT molecular complexity index is 898. The molecule has 0 amide bonds. The minimum absolute atomic E-state index is 0.116. The molecule has 2 aromatic rings. The van der Waals surface area contributed by atoms with Crippen LogP contribution in [0.1, 0.15) is 26.3 Å². The van der Waals surface area contributed by atoms with Crippen molar-refractivity contribution >= 4 is 22.9 Å². The molecule has 7 nitrogen and oxygen atoms in total. The predicted octanol–water partition coefficient (Wildman–Crippen LogP) is 1.98. The zero-order chi connectivity index (χ0) is 18.2. The van der Waals surface area contributed by atoms with Crippen LogP contribution in [0.15, 0.2) is 33.5 Å². The van der Waals surface area contributed by atoms with E-state index in [1.54, 1.807) is 19.1 Å². The zero-order valence-electron chi connectivity index (χ0n) is 14.2. The summed E-state index contributed by atoms with van der Waals surface area (Å²) in [5.74, 6) is -0.417. The number of esters is 2. The number of benzene rings is 1. The van der Waals surface area contributed by atoms with E-state index in [2.05, 4.69) is 0 Å². The maximum absolute atomic E-state index is 11.5. The summed E-state index contributed by atoms with van der Waals surface area (Å²) in [7, 11) is 0. The SMILES string of the molecule is CC(=O)OC[C@@](C)(OC(C)=O)[C@@H]1Cc2cc3ccc(=O)oc3cc2O1. The lowest BCUT2D eigenvalue weighted by atomic mass is 9.95. The van der Waals surface area contributed by atoms with Crippen molar-refractivity contribution in [2.24, 2.45) is 0 Å². The summed E-state index contributed by atoms with van der Waals surface area (Å²) < 4.78 is 21.5. The van der Waals surface area contributed by atoms with Gasteiger partial charge in [0.15, 0.2) is 5.60 Å². The van der Waals surface area contributed by atoms with Crippen molar-refractivity contribution in [3.63, 3.8) is 0 Å². The van der Waals surface area contributed by atoms with Gasteiger partial charge in [-0.2, -0.15) is 0 Å². The fraction of sp³-hybridized carbons (Fsp3) is 0.389. The molecule has 0 N–H and O–H groups in total. The highest BCUT2D eigenvalue weighted by atomic mass is 16.6. The molecular formula is C18H18O7. The standard InChI is InChI=1S/C18H18O7/c1-10(19)22-9-18(3,25-11(2)20)16-7-13-6-12-4-5-17(21)24-14(12)8-15(13)23-16/h4-6,8,16H,7,9H2,1-3H3/t16-,18+/m0/s1. The maximum Gasteiger partial charge on any atom is 0.336 e. The van der Waals surface area contributed by atoms with Crippen molar-refractivity contribution in [1.82, 2.24) is 0 Å². The number of carbonyl (C=O) groups is 2. The molecule has 0 bridgehead atoms. The van der Waals surface area contributed by atoms with Gasteiger partial charge in [-0.3, -0.25) is 9.59 Å². The summed E-state index contributed by atoms with van der Waals surface area (Å²) in [4.78, 5) is 34.0. The summed E-state index contributed by atoms with van der Waals surface area (Å²) in [6, 6.07) is 6.55. The Morgan fingerprint density at radius 1 is 1.24 bits per heavy atom. The minimum atomic E-state index is -1.14. The fourth-order valence-corrected chi connectivity index (χ4v) is 2.91. The average molecular weight is 346 g/mol. The van der Waals surface area contributed by atoms with Crippen LogP contribution in [0.5, 0.6) is 5.75 Å². The van der Waals surface area contributed by atoms with Crippen molar-refractivity contribution in [3.8, 4) is 5.75 Å². The number of rotatable bonds is 4. The Kier molecular flexibility index (Phi) is 4.24. The van der Waals surface area contributed by atoms with Gasteiger partial charge in [0.05, 0.1) is 0 Å². The predicted molar refractivity (Wildman–Crippen MR) is 87.4 cm³/mol. The highest BCUT2D eigenvalue weighted by molar-refractivity contribution is 5.79. The molecule has 0 saturated carbocycles. The second kappa shape index (κ2) is 6.23. The van der Waals surface area contributed by atoms with Gasteiger partial charge in [0.2, 0.25) is 0 Å². The van der Waals surface area contributed by atoms with Crippen LogP contribution in [0.25, 0.3) is 11.0 Å². The molecule has 1 aromatic carbocycles. The molecule has 1 aliphatic rings. The Hall–Kier alpha value is -2.83. The van der Waals surface area contributed by atoms with Crippen molar-refractivity contribution in [1.29, 1.82) is 0 Å². The van der Waals surface area contributed by atoms with E-state index in [1.807, 2.05) is 6.07 Å². The number of fused-ring (bicyclic) bond motifs is 2. The van der Waals surface area contributed by atoms with E-state index in [0.717, 1.165) is 10.9 Å². The Morgan fingerprint density at radius 2 is 2.00 bits per heavy atom. The van der Waals surface area contributed by atoms with Gasteiger partial charge in [-0.1, -0.05) is 0 Å². The van der Waals surface area contributed by atoms with E-state index < -0.39 is 29.3 Å². The van der Waals surface area contributed by atoms with Crippen LogP contribution in [-0.4, -0.2) is 30.3 Å². The summed E-state index contributed by atoms with van der Waals surface area (Å²) >= 11 is 0. The molecule has 0 fully saturated rings. The van der Waals surface area contributed by atoms with Crippen LogP contribution in [0.4, 0.5) is 0 Å². The summed E-state index contributed by atoms with van der Waals surface area (Å²) in [6.07, 6.45) is -0.0654. The van der Waals surface area contributed by atoms with E-state index in [0.29, 0.717) is 17.8 Å². The van der Waals surface area contributed by atoms with Gasteiger partial charge in [-0.25, -0.2) is 4.79 Å². The quantitative estimate of drug-likeness (QED) is 0.617. The largest absolute Gasteiger partial charge is 0.485 e. The molecule has 7 heteroatoms. The average Bonchev–Trinajstić information content (AvgIpc) is 2.93. The van der Waals surface area contributed by atoms with Gasteiger partial charge in [0, 0.05) is 37.8 Å². The first kappa shape index (κ1) is 17.0. The first-order valence-electron chi connectivity index (χ1n) is 7.83. The molecule has 3 rings (SSSR count). The van der Waals surface area contributed by atoms with Crippen LogP contribution in [0, 0.1) is 0 Å². The van der Waals surface area contributed by atoms with Gasteiger partial charge in [0.1, 0.15) is 24.0 Å². The van der Waals surface area contributed by atoms with Gasteiger partial charge in [0.25, 0.3) is 0 Å². The first-order valence-corrected chi connectivity index (χ1v) is 7.83. The molecule has 132 valence electrons. The van der Waals surface area contributed by atoms with Gasteiger partial charge in [-0.05, 0) is 24.6 Å². The van der Waals surface area contributed by atoms with Crippen molar-refractivity contribution < 1.29 is 28.2 Å².